The zero-order valence-corrected chi connectivity index (χ0v) is 16.6. The number of hydrogen-bond acceptors (Lipinski definition) is 2. The minimum absolute atomic E-state index is 0.0314. The summed E-state index contributed by atoms with van der Waals surface area (Å²) in [6.07, 6.45) is 1.92. The van der Waals surface area contributed by atoms with Crippen LogP contribution in [-0.4, -0.2) is 36.1 Å². The van der Waals surface area contributed by atoms with Gasteiger partial charge in [-0.15, -0.1) is 0 Å². The fourth-order valence-corrected chi connectivity index (χ4v) is 2.78. The molecule has 0 fully saturated rings. The molecular weight excluding hydrogens is 358 g/mol. The van der Waals surface area contributed by atoms with Gasteiger partial charge in [-0.3, -0.25) is 9.69 Å². The van der Waals surface area contributed by atoms with Gasteiger partial charge in [0.05, 0.1) is 6.54 Å². The van der Waals surface area contributed by atoms with E-state index in [-0.39, 0.29) is 6.54 Å². The minimum Gasteiger partial charge on any atom is -0.480 e. The quantitative estimate of drug-likeness (QED) is 0.722. The molecule has 27 heavy (non-hydrogen) atoms. The Morgan fingerprint density at radius 3 is 2.44 bits per heavy atom. The minimum atomic E-state index is -0.860. The van der Waals surface area contributed by atoms with E-state index in [0.717, 1.165) is 16.7 Å². The smallest absolute Gasteiger partial charge is 0.317 e. The molecule has 0 aromatic heterocycles. The molecule has 0 aliphatic carbocycles. The maximum Gasteiger partial charge on any atom is 0.317 e. The molecule has 140 valence electrons. The van der Waals surface area contributed by atoms with Crippen molar-refractivity contribution in [2.45, 2.75) is 19.8 Å². The number of allylic oxidation sites excluding steroid dienone is 1. The molecule has 0 atom stereocenters. The van der Waals surface area contributed by atoms with E-state index in [1.165, 1.54) is 5.56 Å². The molecule has 0 amide bonds. The predicted molar refractivity (Wildman–Crippen MR) is 112 cm³/mol. The monoisotopic (exact) mass is 381 g/mol. The van der Waals surface area contributed by atoms with Crippen LogP contribution in [-0.2, 0) is 4.79 Å². The third-order valence-corrected chi connectivity index (χ3v) is 4.42. The van der Waals surface area contributed by atoms with Crippen molar-refractivity contribution in [1.29, 1.82) is 0 Å². The molecule has 3 nitrogen and oxygen atoms in total. The summed E-state index contributed by atoms with van der Waals surface area (Å²) >= 11 is 6.34. The first-order chi connectivity index (χ1) is 12.9. The number of benzene rings is 2. The largest absolute Gasteiger partial charge is 0.480 e. The summed E-state index contributed by atoms with van der Waals surface area (Å²) < 4.78 is 0. The topological polar surface area (TPSA) is 40.5 Å². The molecule has 0 bridgehead atoms. The van der Waals surface area contributed by atoms with Crippen molar-refractivity contribution in [3.8, 4) is 11.8 Å². The average molecular weight is 382 g/mol. The maximum absolute atomic E-state index is 10.9. The van der Waals surface area contributed by atoms with Crippen LogP contribution < -0.4 is 0 Å². The molecule has 0 aliphatic rings. The SMILES string of the molecule is CC(C)c1ccc(C#CC(=CCN(C)CC(=O)O)c2ccccc2Cl)cc1. The number of likely N-dealkylation sites (N-methyl/N-ethyl adjacent to an activating group) is 1. The fourth-order valence-electron chi connectivity index (χ4n) is 2.54. The molecule has 0 unspecified atom stereocenters. The van der Waals surface area contributed by atoms with Gasteiger partial charge < -0.3 is 5.11 Å². The number of carboxylic acids is 1. The molecule has 0 heterocycles. The van der Waals surface area contributed by atoms with Crippen molar-refractivity contribution < 1.29 is 9.90 Å². The maximum atomic E-state index is 10.9. The molecule has 4 heteroatoms. The van der Waals surface area contributed by atoms with Crippen molar-refractivity contribution in [2.75, 3.05) is 20.1 Å². The van der Waals surface area contributed by atoms with Gasteiger partial charge in [-0.2, -0.15) is 0 Å². The molecule has 0 aliphatic heterocycles. The summed E-state index contributed by atoms with van der Waals surface area (Å²) in [6.45, 7) is 4.75. The zero-order valence-electron chi connectivity index (χ0n) is 15.9. The van der Waals surface area contributed by atoms with E-state index >= 15 is 0 Å². The van der Waals surface area contributed by atoms with Gasteiger partial charge >= 0.3 is 5.97 Å². The Bertz CT molecular complexity index is 873. The number of carbonyl (C=O) groups is 1. The van der Waals surface area contributed by atoms with E-state index < -0.39 is 5.97 Å². The standard InChI is InChI=1S/C23H24ClNO2/c1-17(2)19-11-8-18(9-12-19)10-13-20(14-15-25(3)16-23(26)27)21-6-4-5-7-22(21)24/h4-9,11-12,14,17H,15-16H2,1-3H3,(H,26,27). The Kier molecular flexibility index (Phi) is 7.67. The Labute approximate surface area is 166 Å². The second-order valence-corrected chi connectivity index (χ2v) is 7.12. The van der Waals surface area contributed by atoms with Crippen molar-refractivity contribution in [2.24, 2.45) is 0 Å². The molecule has 1 N–H and O–H groups in total. The third-order valence-electron chi connectivity index (χ3n) is 4.10. The van der Waals surface area contributed by atoms with E-state index in [4.69, 9.17) is 16.7 Å². The highest BCUT2D eigenvalue weighted by molar-refractivity contribution is 6.32. The van der Waals surface area contributed by atoms with Gasteiger partial charge in [0.15, 0.2) is 0 Å². The Balaban J connectivity index is 2.30. The number of carboxylic acid groups (broad SMARTS) is 1. The molecule has 2 rings (SSSR count). The lowest BCUT2D eigenvalue weighted by molar-refractivity contribution is -0.137. The lowest BCUT2D eigenvalue weighted by Crippen LogP contribution is -2.25. The third kappa shape index (κ3) is 6.60. The summed E-state index contributed by atoms with van der Waals surface area (Å²) in [6, 6.07) is 15.7. The number of hydrogen-bond donors (Lipinski definition) is 1. The van der Waals surface area contributed by atoms with E-state index in [9.17, 15) is 4.79 Å². The van der Waals surface area contributed by atoms with E-state index in [2.05, 4.69) is 37.8 Å². The fraction of sp³-hybridized carbons (Fsp3) is 0.261. The highest BCUT2D eigenvalue weighted by atomic mass is 35.5. The van der Waals surface area contributed by atoms with Crippen LogP contribution in [0.2, 0.25) is 5.02 Å². The first kappa shape index (κ1) is 20.8. The summed E-state index contributed by atoms with van der Waals surface area (Å²) in [5.41, 5.74) is 3.83. The Morgan fingerprint density at radius 1 is 1.19 bits per heavy atom. The normalized spacial score (nSPS) is 11.4. The van der Waals surface area contributed by atoms with Crippen LogP contribution in [0.15, 0.2) is 54.6 Å². The average Bonchev–Trinajstić information content (AvgIpc) is 2.62. The molecule has 2 aromatic carbocycles. The summed E-state index contributed by atoms with van der Waals surface area (Å²) in [4.78, 5) is 12.6. The molecule has 0 spiro atoms. The van der Waals surface area contributed by atoms with E-state index in [1.54, 1.807) is 11.9 Å². The zero-order chi connectivity index (χ0) is 19.8. The first-order valence-electron chi connectivity index (χ1n) is 8.84. The van der Waals surface area contributed by atoms with Crippen LogP contribution in [0.25, 0.3) is 5.57 Å². The molecule has 2 aromatic rings. The van der Waals surface area contributed by atoms with Gasteiger partial charge in [0.2, 0.25) is 0 Å². The first-order valence-corrected chi connectivity index (χ1v) is 9.22. The van der Waals surface area contributed by atoms with E-state index in [1.807, 2.05) is 42.5 Å². The lowest BCUT2D eigenvalue weighted by Gasteiger charge is -2.12. The highest BCUT2D eigenvalue weighted by Gasteiger charge is 2.06. The molecule has 0 saturated carbocycles. The van der Waals surface area contributed by atoms with Gasteiger partial charge in [-0.25, -0.2) is 0 Å². The van der Waals surface area contributed by atoms with Crippen LogP contribution >= 0.6 is 11.6 Å². The van der Waals surface area contributed by atoms with Crippen molar-refractivity contribution >= 4 is 23.1 Å². The molecule has 0 radical (unpaired) electrons. The van der Waals surface area contributed by atoms with Gasteiger partial charge in [0, 0.05) is 28.3 Å². The van der Waals surface area contributed by atoms with Crippen molar-refractivity contribution in [3.63, 3.8) is 0 Å². The van der Waals surface area contributed by atoms with E-state index in [0.29, 0.717) is 17.5 Å². The van der Waals surface area contributed by atoms with Crippen LogP contribution in [0.3, 0.4) is 0 Å². The molecular formula is C23H24ClNO2. The summed E-state index contributed by atoms with van der Waals surface area (Å²) in [5, 5.41) is 9.53. The van der Waals surface area contributed by atoms with Gasteiger partial charge in [0.25, 0.3) is 0 Å². The van der Waals surface area contributed by atoms with Crippen LogP contribution in [0, 0.1) is 11.8 Å². The summed E-state index contributed by atoms with van der Waals surface area (Å²) in [5.74, 6) is 6.01. The number of nitrogens with zero attached hydrogens (tertiary/aromatic N) is 1. The van der Waals surface area contributed by atoms with Crippen LogP contribution in [0.5, 0.6) is 0 Å². The van der Waals surface area contributed by atoms with Gasteiger partial charge in [0.1, 0.15) is 0 Å². The van der Waals surface area contributed by atoms with Crippen molar-refractivity contribution in [1.82, 2.24) is 4.90 Å². The predicted octanol–water partition coefficient (Wildman–Crippen LogP) is 4.91. The molecule has 0 saturated heterocycles. The van der Waals surface area contributed by atoms with Crippen LogP contribution in [0.4, 0.5) is 0 Å². The second-order valence-electron chi connectivity index (χ2n) is 6.71. The van der Waals surface area contributed by atoms with Crippen molar-refractivity contribution in [3.05, 3.63) is 76.3 Å². The Morgan fingerprint density at radius 2 is 1.85 bits per heavy atom. The second kappa shape index (κ2) is 9.97. The number of halogens is 1. The van der Waals surface area contributed by atoms with Gasteiger partial charge in [-0.05, 0) is 36.7 Å². The Hall–Kier alpha value is -2.54. The lowest BCUT2D eigenvalue weighted by atomic mass is 10.0. The highest BCUT2D eigenvalue weighted by Crippen LogP contribution is 2.23. The van der Waals surface area contributed by atoms with Gasteiger partial charge in [-0.1, -0.05) is 73.7 Å². The number of aliphatic carboxylic acids is 1. The summed E-state index contributed by atoms with van der Waals surface area (Å²) in [7, 11) is 1.76. The van der Waals surface area contributed by atoms with Crippen LogP contribution in [0.1, 0.15) is 36.5 Å². The number of rotatable bonds is 6.